The van der Waals surface area contributed by atoms with Crippen LogP contribution in [0.4, 0.5) is 0 Å². The van der Waals surface area contributed by atoms with E-state index in [2.05, 4.69) is 0 Å². The van der Waals surface area contributed by atoms with Crippen molar-refractivity contribution < 1.29 is 13.9 Å². The van der Waals surface area contributed by atoms with E-state index in [0.29, 0.717) is 23.2 Å². The molecule has 1 heterocycles. The second kappa shape index (κ2) is 5.52. The van der Waals surface area contributed by atoms with E-state index < -0.39 is 5.76 Å². The molecule has 0 aliphatic heterocycles. The Labute approximate surface area is 126 Å². The molecule has 1 aromatic heterocycles. The van der Waals surface area contributed by atoms with Crippen LogP contribution in [0.3, 0.4) is 0 Å². The van der Waals surface area contributed by atoms with Crippen molar-refractivity contribution in [2.24, 2.45) is 0 Å². The first-order chi connectivity index (χ1) is 10.6. The smallest absolute Gasteiger partial charge is 0.420 e. The minimum Gasteiger partial charge on any atom is -0.497 e. The van der Waals surface area contributed by atoms with Crippen molar-refractivity contribution in [1.29, 1.82) is 0 Å². The highest BCUT2D eigenvalue weighted by molar-refractivity contribution is 5.97. The number of oxazole rings is 1. The number of ketones is 1. The van der Waals surface area contributed by atoms with Gasteiger partial charge in [-0.25, -0.2) is 4.79 Å². The summed E-state index contributed by atoms with van der Waals surface area (Å²) in [4.78, 5) is 23.6. The SMILES string of the molecule is COc1cccc(Cn2c(=O)oc3ccc(C(C)=O)cc32)c1. The minimum atomic E-state index is -0.446. The fraction of sp³-hybridized carbons (Fsp3) is 0.176. The van der Waals surface area contributed by atoms with Gasteiger partial charge in [0.1, 0.15) is 5.75 Å². The normalized spacial score (nSPS) is 10.8. The number of hydrogen-bond donors (Lipinski definition) is 0. The highest BCUT2D eigenvalue weighted by Crippen LogP contribution is 2.18. The largest absolute Gasteiger partial charge is 0.497 e. The Morgan fingerprint density at radius 1 is 1.23 bits per heavy atom. The third-order valence-corrected chi connectivity index (χ3v) is 3.55. The number of nitrogens with zero attached hydrogens (tertiary/aromatic N) is 1. The predicted molar refractivity (Wildman–Crippen MR) is 82.6 cm³/mol. The van der Waals surface area contributed by atoms with Gasteiger partial charge in [0.2, 0.25) is 0 Å². The van der Waals surface area contributed by atoms with Gasteiger partial charge in [-0.3, -0.25) is 9.36 Å². The highest BCUT2D eigenvalue weighted by Gasteiger charge is 2.12. The molecule has 5 nitrogen and oxygen atoms in total. The van der Waals surface area contributed by atoms with Crippen molar-refractivity contribution in [1.82, 2.24) is 4.57 Å². The molecule has 0 saturated carbocycles. The summed E-state index contributed by atoms with van der Waals surface area (Å²) >= 11 is 0. The van der Waals surface area contributed by atoms with Crippen molar-refractivity contribution in [3.05, 3.63) is 64.1 Å². The quantitative estimate of drug-likeness (QED) is 0.695. The maximum absolute atomic E-state index is 12.1. The van der Waals surface area contributed by atoms with E-state index in [-0.39, 0.29) is 5.78 Å². The first-order valence-electron chi connectivity index (χ1n) is 6.86. The van der Waals surface area contributed by atoms with Gasteiger partial charge in [-0.1, -0.05) is 12.1 Å². The minimum absolute atomic E-state index is 0.0523. The Morgan fingerprint density at radius 2 is 2.05 bits per heavy atom. The summed E-state index contributed by atoms with van der Waals surface area (Å²) in [5.74, 6) is 0.227. The van der Waals surface area contributed by atoms with Gasteiger partial charge in [0, 0.05) is 5.56 Å². The lowest BCUT2D eigenvalue weighted by Crippen LogP contribution is -2.15. The van der Waals surface area contributed by atoms with Gasteiger partial charge in [-0.05, 0) is 42.8 Å². The van der Waals surface area contributed by atoms with E-state index in [1.807, 2.05) is 24.3 Å². The third-order valence-electron chi connectivity index (χ3n) is 3.55. The topological polar surface area (TPSA) is 61.4 Å². The molecular weight excluding hydrogens is 282 g/mol. The number of carbonyl (C=O) groups is 1. The summed E-state index contributed by atoms with van der Waals surface area (Å²) in [6.45, 7) is 1.84. The number of ether oxygens (including phenoxy) is 1. The van der Waals surface area contributed by atoms with Gasteiger partial charge in [0.15, 0.2) is 11.4 Å². The van der Waals surface area contributed by atoms with Gasteiger partial charge in [-0.15, -0.1) is 0 Å². The molecule has 0 N–H and O–H groups in total. The first-order valence-corrected chi connectivity index (χ1v) is 6.86. The summed E-state index contributed by atoms with van der Waals surface area (Å²) in [6, 6.07) is 12.5. The van der Waals surface area contributed by atoms with Crippen LogP contribution in [-0.4, -0.2) is 17.5 Å². The molecule has 0 saturated heterocycles. The lowest BCUT2D eigenvalue weighted by atomic mass is 10.1. The molecule has 22 heavy (non-hydrogen) atoms. The van der Waals surface area contributed by atoms with E-state index in [9.17, 15) is 9.59 Å². The third kappa shape index (κ3) is 2.53. The highest BCUT2D eigenvalue weighted by atomic mass is 16.5. The second-order valence-corrected chi connectivity index (χ2v) is 5.04. The average molecular weight is 297 g/mol. The Hall–Kier alpha value is -2.82. The molecule has 0 unspecified atom stereocenters. The van der Waals surface area contributed by atoms with Crippen molar-refractivity contribution >= 4 is 16.9 Å². The molecule has 0 spiro atoms. The zero-order valence-corrected chi connectivity index (χ0v) is 12.3. The molecule has 0 fully saturated rings. The zero-order valence-electron chi connectivity index (χ0n) is 12.3. The number of methoxy groups -OCH3 is 1. The van der Waals surface area contributed by atoms with Crippen LogP contribution < -0.4 is 10.5 Å². The van der Waals surface area contributed by atoms with Crippen LogP contribution in [0.1, 0.15) is 22.8 Å². The van der Waals surface area contributed by atoms with Crippen molar-refractivity contribution in [3.63, 3.8) is 0 Å². The van der Waals surface area contributed by atoms with Gasteiger partial charge in [-0.2, -0.15) is 0 Å². The van der Waals surface area contributed by atoms with E-state index >= 15 is 0 Å². The number of rotatable bonds is 4. The van der Waals surface area contributed by atoms with Gasteiger partial charge in [0.25, 0.3) is 0 Å². The van der Waals surface area contributed by atoms with E-state index in [1.54, 1.807) is 25.3 Å². The summed E-state index contributed by atoms with van der Waals surface area (Å²) < 4.78 is 11.9. The molecule has 0 aliphatic carbocycles. The number of carbonyl (C=O) groups excluding carboxylic acids is 1. The van der Waals surface area contributed by atoms with E-state index in [4.69, 9.17) is 9.15 Å². The van der Waals surface area contributed by atoms with Crippen LogP contribution in [0, 0.1) is 0 Å². The molecular formula is C17H15NO4. The van der Waals surface area contributed by atoms with E-state index in [1.165, 1.54) is 11.5 Å². The lowest BCUT2D eigenvalue weighted by Gasteiger charge is -2.05. The average Bonchev–Trinajstić information content (AvgIpc) is 2.82. The number of Topliss-reactive ketones (excluding diaryl/α,β-unsaturated/α-hetero) is 1. The summed E-state index contributed by atoms with van der Waals surface area (Å²) in [5, 5.41) is 0. The first kappa shape index (κ1) is 14.1. The van der Waals surface area contributed by atoms with Crippen LogP contribution in [0.25, 0.3) is 11.1 Å². The molecule has 0 aliphatic rings. The lowest BCUT2D eigenvalue weighted by molar-refractivity contribution is 0.101. The van der Waals surface area contributed by atoms with E-state index in [0.717, 1.165) is 11.3 Å². The molecule has 0 atom stereocenters. The molecule has 0 bridgehead atoms. The Kier molecular flexibility index (Phi) is 3.55. The number of aromatic nitrogens is 1. The number of fused-ring (bicyclic) bond motifs is 1. The van der Waals surface area contributed by atoms with Crippen LogP contribution in [0.2, 0.25) is 0 Å². The molecule has 3 aromatic rings. The summed E-state index contributed by atoms with van der Waals surface area (Å²) in [6.07, 6.45) is 0. The Balaban J connectivity index is 2.09. The van der Waals surface area contributed by atoms with Gasteiger partial charge in [0.05, 0.1) is 19.2 Å². The van der Waals surface area contributed by atoms with Crippen LogP contribution in [-0.2, 0) is 6.54 Å². The van der Waals surface area contributed by atoms with Crippen molar-refractivity contribution in [2.75, 3.05) is 7.11 Å². The standard InChI is InChI=1S/C17H15NO4/c1-11(19)13-6-7-16-15(9-13)18(17(20)22-16)10-12-4-3-5-14(8-12)21-2/h3-9H,10H2,1-2H3. The molecule has 0 amide bonds. The summed E-state index contributed by atoms with van der Waals surface area (Å²) in [7, 11) is 1.59. The molecule has 0 radical (unpaired) electrons. The van der Waals surface area contributed by atoms with Crippen LogP contribution >= 0.6 is 0 Å². The summed E-state index contributed by atoms with van der Waals surface area (Å²) in [5.41, 5.74) is 2.54. The zero-order chi connectivity index (χ0) is 15.7. The second-order valence-electron chi connectivity index (χ2n) is 5.04. The van der Waals surface area contributed by atoms with Crippen molar-refractivity contribution in [3.8, 4) is 5.75 Å². The van der Waals surface area contributed by atoms with Crippen molar-refractivity contribution in [2.45, 2.75) is 13.5 Å². The Morgan fingerprint density at radius 3 is 2.77 bits per heavy atom. The van der Waals surface area contributed by atoms with Gasteiger partial charge < -0.3 is 9.15 Å². The predicted octanol–water partition coefficient (Wildman–Crippen LogP) is 2.85. The van der Waals surface area contributed by atoms with Crippen LogP contribution in [0.5, 0.6) is 5.75 Å². The fourth-order valence-corrected chi connectivity index (χ4v) is 2.38. The number of benzene rings is 2. The number of hydrogen-bond acceptors (Lipinski definition) is 4. The Bertz CT molecular complexity index is 904. The molecule has 3 rings (SSSR count). The maximum atomic E-state index is 12.1. The van der Waals surface area contributed by atoms with Gasteiger partial charge >= 0.3 is 5.76 Å². The molecule has 112 valence electrons. The molecule has 5 heteroatoms. The van der Waals surface area contributed by atoms with Crippen LogP contribution in [0.15, 0.2) is 51.7 Å². The molecule has 2 aromatic carbocycles. The monoisotopic (exact) mass is 297 g/mol. The fourth-order valence-electron chi connectivity index (χ4n) is 2.38. The maximum Gasteiger partial charge on any atom is 0.420 e.